The number of nitrogens with one attached hydrogen (secondary N) is 1. The first-order chi connectivity index (χ1) is 12.3. The summed E-state index contributed by atoms with van der Waals surface area (Å²) in [5, 5.41) is 11.5. The molecule has 3 rings (SSSR count). The van der Waals surface area contributed by atoms with Gasteiger partial charge in [-0.1, -0.05) is 29.2 Å². The first-order valence-electron chi connectivity index (χ1n) is 7.35. The smallest absolute Gasteiger partial charge is 0.275 e. The molecule has 0 saturated carbocycles. The Labute approximate surface area is 158 Å². The Morgan fingerprint density at radius 1 is 1.27 bits per heavy atom. The Morgan fingerprint density at radius 3 is 2.81 bits per heavy atom. The number of furan rings is 1. The molecule has 0 unspecified atom stereocenters. The standard InChI is InChI=1S/C15H15FN4O3S3/c1-20(2)26(21,22)13-7-6-12(23-13)9-24-15-19-18-14(25-15)17-11-5-3-4-10(16)8-11/h3-8H,9H2,1-2H3,(H,17,18). The van der Waals surface area contributed by atoms with E-state index in [1.807, 2.05) is 0 Å². The first-order valence-corrected chi connectivity index (χ1v) is 10.6. The van der Waals surface area contributed by atoms with Gasteiger partial charge in [0.25, 0.3) is 10.0 Å². The van der Waals surface area contributed by atoms with Crippen LogP contribution in [0.3, 0.4) is 0 Å². The van der Waals surface area contributed by atoms with E-state index in [1.54, 1.807) is 18.2 Å². The lowest BCUT2D eigenvalue weighted by Crippen LogP contribution is -2.21. The second-order valence-electron chi connectivity index (χ2n) is 5.31. The number of anilines is 2. The molecule has 0 aliphatic rings. The van der Waals surface area contributed by atoms with Gasteiger partial charge >= 0.3 is 0 Å². The summed E-state index contributed by atoms with van der Waals surface area (Å²) in [4.78, 5) is 0. The maximum atomic E-state index is 13.2. The van der Waals surface area contributed by atoms with Gasteiger partial charge in [-0.15, -0.1) is 10.2 Å². The van der Waals surface area contributed by atoms with Gasteiger partial charge in [-0.05, 0) is 30.3 Å². The monoisotopic (exact) mass is 414 g/mol. The van der Waals surface area contributed by atoms with E-state index in [0.29, 0.717) is 26.7 Å². The van der Waals surface area contributed by atoms with Gasteiger partial charge in [0.05, 0.1) is 5.75 Å². The fourth-order valence-electron chi connectivity index (χ4n) is 1.90. The lowest BCUT2D eigenvalue weighted by atomic mass is 10.3. The molecule has 0 aliphatic heterocycles. The third-order valence-corrected chi connectivity index (χ3v) is 6.88. The molecule has 7 nitrogen and oxygen atoms in total. The Bertz CT molecular complexity index is 1000. The van der Waals surface area contributed by atoms with Gasteiger partial charge < -0.3 is 9.73 Å². The molecule has 0 atom stereocenters. The minimum absolute atomic E-state index is 0.0937. The van der Waals surface area contributed by atoms with E-state index in [2.05, 4.69) is 15.5 Å². The van der Waals surface area contributed by atoms with Crippen molar-refractivity contribution in [3.8, 4) is 0 Å². The van der Waals surface area contributed by atoms with Gasteiger partial charge in [-0.25, -0.2) is 17.1 Å². The van der Waals surface area contributed by atoms with E-state index in [9.17, 15) is 12.8 Å². The number of aromatic nitrogens is 2. The highest BCUT2D eigenvalue weighted by Gasteiger charge is 2.21. The van der Waals surface area contributed by atoms with Gasteiger partial charge in [-0.3, -0.25) is 0 Å². The van der Waals surface area contributed by atoms with Crippen molar-refractivity contribution in [2.45, 2.75) is 15.2 Å². The fraction of sp³-hybridized carbons (Fsp3) is 0.200. The van der Waals surface area contributed by atoms with Crippen LogP contribution in [-0.4, -0.2) is 37.0 Å². The van der Waals surface area contributed by atoms with Gasteiger partial charge in [0.2, 0.25) is 10.2 Å². The van der Waals surface area contributed by atoms with Crippen molar-refractivity contribution in [2.75, 3.05) is 19.4 Å². The molecular weight excluding hydrogens is 399 g/mol. The summed E-state index contributed by atoms with van der Waals surface area (Å²) in [6, 6.07) is 9.11. The molecule has 0 spiro atoms. The second-order valence-corrected chi connectivity index (χ2v) is 9.59. The minimum Gasteiger partial charge on any atom is -0.447 e. The predicted molar refractivity (Wildman–Crippen MR) is 98.7 cm³/mol. The first kappa shape index (κ1) is 18.8. The van der Waals surface area contributed by atoms with Crippen molar-refractivity contribution >= 4 is 43.9 Å². The molecule has 0 saturated heterocycles. The maximum absolute atomic E-state index is 13.2. The second kappa shape index (κ2) is 7.74. The number of rotatable bonds is 7. The number of hydrogen-bond acceptors (Lipinski definition) is 8. The van der Waals surface area contributed by atoms with Crippen molar-refractivity contribution in [3.63, 3.8) is 0 Å². The van der Waals surface area contributed by atoms with Crippen LogP contribution in [0.5, 0.6) is 0 Å². The third kappa shape index (κ3) is 4.41. The van der Waals surface area contributed by atoms with Crippen LogP contribution in [-0.2, 0) is 15.8 Å². The Kier molecular flexibility index (Phi) is 5.61. The average Bonchev–Trinajstić information content (AvgIpc) is 3.22. The highest BCUT2D eigenvalue weighted by Crippen LogP contribution is 2.31. The average molecular weight is 415 g/mol. The zero-order valence-electron chi connectivity index (χ0n) is 13.8. The molecule has 2 heterocycles. The number of hydrogen-bond donors (Lipinski definition) is 1. The quantitative estimate of drug-likeness (QED) is 0.591. The third-order valence-electron chi connectivity index (χ3n) is 3.19. The minimum atomic E-state index is -3.58. The molecular formula is C15H15FN4O3S3. The molecule has 138 valence electrons. The highest BCUT2D eigenvalue weighted by molar-refractivity contribution is 8.00. The van der Waals surface area contributed by atoms with Crippen molar-refractivity contribution in [2.24, 2.45) is 0 Å². The summed E-state index contributed by atoms with van der Waals surface area (Å²) in [6.45, 7) is 0. The lowest BCUT2D eigenvalue weighted by Gasteiger charge is -2.07. The van der Waals surface area contributed by atoms with Crippen LogP contribution in [0, 0.1) is 5.82 Å². The van der Waals surface area contributed by atoms with E-state index < -0.39 is 10.0 Å². The van der Waals surface area contributed by atoms with E-state index in [-0.39, 0.29) is 10.9 Å². The Morgan fingerprint density at radius 2 is 2.08 bits per heavy atom. The van der Waals surface area contributed by atoms with Gasteiger partial charge in [0, 0.05) is 19.8 Å². The van der Waals surface area contributed by atoms with Crippen LogP contribution in [0.2, 0.25) is 0 Å². The molecule has 1 N–H and O–H groups in total. The zero-order chi connectivity index (χ0) is 18.7. The normalized spacial score (nSPS) is 11.8. The molecule has 0 fully saturated rings. The van der Waals surface area contributed by atoms with E-state index in [0.717, 1.165) is 4.31 Å². The summed E-state index contributed by atoms with van der Waals surface area (Å²) in [7, 11) is -0.691. The zero-order valence-corrected chi connectivity index (χ0v) is 16.3. The van der Waals surface area contributed by atoms with Crippen LogP contribution in [0.4, 0.5) is 15.2 Å². The van der Waals surface area contributed by atoms with Crippen LogP contribution >= 0.6 is 23.1 Å². The van der Waals surface area contributed by atoms with Gasteiger partial charge in [0.1, 0.15) is 11.6 Å². The van der Waals surface area contributed by atoms with E-state index in [1.165, 1.54) is 55.4 Å². The molecule has 0 radical (unpaired) electrons. The van der Waals surface area contributed by atoms with Crippen LogP contribution in [0.25, 0.3) is 0 Å². The largest absolute Gasteiger partial charge is 0.447 e. The molecule has 0 aliphatic carbocycles. The van der Waals surface area contributed by atoms with Gasteiger partial charge in [-0.2, -0.15) is 0 Å². The van der Waals surface area contributed by atoms with E-state index in [4.69, 9.17) is 4.42 Å². The number of sulfonamides is 1. The molecule has 1 aromatic carbocycles. The molecule has 2 aromatic heterocycles. The summed E-state index contributed by atoms with van der Waals surface area (Å²) in [5.41, 5.74) is 0.585. The van der Waals surface area contributed by atoms with Crippen LogP contribution in [0.1, 0.15) is 5.76 Å². The molecule has 0 bridgehead atoms. The van der Waals surface area contributed by atoms with E-state index >= 15 is 0 Å². The number of nitrogens with zero attached hydrogens (tertiary/aromatic N) is 3. The van der Waals surface area contributed by atoms with Crippen molar-refractivity contribution in [1.29, 1.82) is 0 Å². The van der Waals surface area contributed by atoms with Crippen molar-refractivity contribution in [1.82, 2.24) is 14.5 Å². The number of halogens is 1. The highest BCUT2D eigenvalue weighted by atomic mass is 32.2. The van der Waals surface area contributed by atoms with Crippen molar-refractivity contribution in [3.05, 3.63) is 48.0 Å². The Balaban J connectivity index is 1.61. The predicted octanol–water partition coefficient (Wildman–Crippen LogP) is 3.56. The summed E-state index contributed by atoms with van der Waals surface area (Å²) < 4.78 is 44.3. The van der Waals surface area contributed by atoms with Crippen LogP contribution < -0.4 is 5.32 Å². The summed E-state index contributed by atoms with van der Waals surface area (Å²) in [6.07, 6.45) is 0. The molecule has 26 heavy (non-hydrogen) atoms. The summed E-state index contributed by atoms with van der Waals surface area (Å²) in [5.74, 6) is 0.595. The maximum Gasteiger partial charge on any atom is 0.275 e. The lowest BCUT2D eigenvalue weighted by molar-refractivity contribution is 0.408. The SMILES string of the molecule is CN(C)S(=O)(=O)c1ccc(CSc2nnc(Nc3cccc(F)c3)s2)o1. The summed E-state index contributed by atoms with van der Waals surface area (Å²) >= 11 is 2.68. The molecule has 3 aromatic rings. The van der Waals surface area contributed by atoms with Gasteiger partial charge in [0.15, 0.2) is 4.34 Å². The van der Waals surface area contributed by atoms with Crippen LogP contribution in [0.15, 0.2) is 50.2 Å². The molecule has 0 amide bonds. The fourth-order valence-corrected chi connectivity index (χ4v) is 4.37. The molecule has 11 heteroatoms. The van der Waals surface area contributed by atoms with Crippen molar-refractivity contribution < 1.29 is 17.2 Å². The number of benzene rings is 1. The number of thioether (sulfide) groups is 1. The topological polar surface area (TPSA) is 88.3 Å². The Hall–Kier alpha value is -1.95.